The van der Waals surface area contributed by atoms with Crippen molar-refractivity contribution in [1.29, 1.82) is 0 Å². The van der Waals surface area contributed by atoms with Crippen LogP contribution in [0.1, 0.15) is 25.3 Å². The van der Waals surface area contributed by atoms with Gasteiger partial charge in [-0.25, -0.2) is 0 Å². The number of carbonyl (C=O) groups is 1. The third-order valence-electron chi connectivity index (χ3n) is 5.38. The number of halogens is 1. The van der Waals surface area contributed by atoms with Gasteiger partial charge in [0, 0.05) is 42.3 Å². The van der Waals surface area contributed by atoms with E-state index in [9.17, 15) is 4.79 Å². The minimum absolute atomic E-state index is 0.0379. The van der Waals surface area contributed by atoms with Crippen LogP contribution in [0.3, 0.4) is 0 Å². The summed E-state index contributed by atoms with van der Waals surface area (Å²) in [6.45, 7) is 5.03. The summed E-state index contributed by atoms with van der Waals surface area (Å²) in [6.07, 6.45) is 1.46. The maximum Gasteiger partial charge on any atom is 0.239 e. The van der Waals surface area contributed by atoms with E-state index >= 15 is 0 Å². The Hall–Kier alpha value is -1.34. The normalized spacial score (nSPS) is 25.5. The molecular weight excluding hydrogens is 356 g/mol. The molecule has 0 radical (unpaired) electrons. The van der Waals surface area contributed by atoms with Crippen molar-refractivity contribution in [2.45, 2.75) is 37.3 Å². The number of hydrogen-bond donors (Lipinski definition) is 2. The van der Waals surface area contributed by atoms with Gasteiger partial charge in [-0.1, -0.05) is 11.6 Å². The highest BCUT2D eigenvalue weighted by atomic mass is 35.5. The Balaban J connectivity index is 1.80. The van der Waals surface area contributed by atoms with Crippen LogP contribution in [0.25, 0.3) is 0 Å². The van der Waals surface area contributed by atoms with Gasteiger partial charge in [0.25, 0.3) is 0 Å². The predicted molar refractivity (Wildman–Crippen MR) is 99.9 cm³/mol. The van der Waals surface area contributed by atoms with Gasteiger partial charge in [0.2, 0.25) is 5.91 Å². The molecule has 2 saturated heterocycles. The molecule has 1 amide bonds. The average molecular weight is 383 g/mol. The minimum Gasteiger partial charge on any atom is -0.496 e. The first-order valence-electron chi connectivity index (χ1n) is 9.10. The van der Waals surface area contributed by atoms with Gasteiger partial charge in [-0.15, -0.1) is 0 Å². The average Bonchev–Trinajstić information content (AvgIpc) is 2.67. The first-order chi connectivity index (χ1) is 12.6. The Labute approximate surface area is 159 Å². The van der Waals surface area contributed by atoms with E-state index in [1.54, 1.807) is 7.11 Å². The standard InChI is InChI=1S/C19H27ClN2O4/c1-13-17(21-7-10-26-13)18(23)22-12-19(5-8-25-9-6-19)15-11-14(20)3-4-16(15)24-2/h3-4,11,13,17,21H,5-10,12H2,1-2H3,(H,22,23)/t13-,17+/m1/s1. The summed E-state index contributed by atoms with van der Waals surface area (Å²) < 4.78 is 16.7. The molecule has 0 aliphatic carbocycles. The molecule has 3 rings (SSSR count). The van der Waals surface area contributed by atoms with Gasteiger partial charge in [0.15, 0.2) is 0 Å². The third-order valence-corrected chi connectivity index (χ3v) is 5.62. The molecule has 0 bridgehead atoms. The number of rotatable bonds is 5. The molecule has 1 aromatic carbocycles. The van der Waals surface area contributed by atoms with E-state index in [-0.39, 0.29) is 23.5 Å². The molecule has 26 heavy (non-hydrogen) atoms. The molecule has 2 atom stereocenters. The van der Waals surface area contributed by atoms with Crippen molar-refractivity contribution in [1.82, 2.24) is 10.6 Å². The van der Waals surface area contributed by atoms with Crippen molar-refractivity contribution in [2.24, 2.45) is 0 Å². The molecule has 0 aromatic heterocycles. The lowest BCUT2D eigenvalue weighted by Gasteiger charge is -2.39. The van der Waals surface area contributed by atoms with Gasteiger partial charge < -0.3 is 24.8 Å². The highest BCUT2D eigenvalue weighted by molar-refractivity contribution is 6.30. The van der Waals surface area contributed by atoms with Crippen molar-refractivity contribution in [3.8, 4) is 5.75 Å². The van der Waals surface area contributed by atoms with Gasteiger partial charge in [-0.3, -0.25) is 4.79 Å². The highest BCUT2D eigenvalue weighted by Crippen LogP contribution is 2.40. The summed E-state index contributed by atoms with van der Waals surface area (Å²) in [7, 11) is 1.66. The monoisotopic (exact) mass is 382 g/mol. The Morgan fingerprint density at radius 2 is 2.15 bits per heavy atom. The summed E-state index contributed by atoms with van der Waals surface area (Å²) >= 11 is 6.26. The largest absolute Gasteiger partial charge is 0.496 e. The summed E-state index contributed by atoms with van der Waals surface area (Å²) in [5.74, 6) is 0.752. The summed E-state index contributed by atoms with van der Waals surface area (Å²) in [6, 6.07) is 5.32. The van der Waals surface area contributed by atoms with Gasteiger partial charge in [0.1, 0.15) is 11.8 Å². The lowest BCUT2D eigenvalue weighted by Crippen LogP contribution is -2.57. The van der Waals surface area contributed by atoms with E-state index in [2.05, 4.69) is 10.6 Å². The fraction of sp³-hybridized carbons (Fsp3) is 0.632. The fourth-order valence-corrected chi connectivity index (χ4v) is 3.96. The number of morpholine rings is 1. The van der Waals surface area contributed by atoms with Gasteiger partial charge in [0.05, 0.1) is 19.8 Å². The number of amides is 1. The molecule has 7 heteroatoms. The zero-order valence-electron chi connectivity index (χ0n) is 15.3. The maximum absolute atomic E-state index is 12.7. The summed E-state index contributed by atoms with van der Waals surface area (Å²) in [4.78, 5) is 12.7. The molecule has 0 saturated carbocycles. The molecule has 0 unspecified atom stereocenters. The summed E-state index contributed by atoms with van der Waals surface area (Å²) in [5, 5.41) is 7.02. The lowest BCUT2D eigenvalue weighted by atomic mass is 9.73. The second-order valence-corrected chi connectivity index (χ2v) is 7.40. The van der Waals surface area contributed by atoms with E-state index < -0.39 is 0 Å². The number of ether oxygens (including phenoxy) is 3. The Morgan fingerprint density at radius 3 is 2.85 bits per heavy atom. The van der Waals surface area contributed by atoms with Crippen LogP contribution in [0.4, 0.5) is 0 Å². The van der Waals surface area contributed by atoms with Crippen LogP contribution in [0, 0.1) is 0 Å². The van der Waals surface area contributed by atoms with Gasteiger partial charge in [-0.2, -0.15) is 0 Å². The van der Waals surface area contributed by atoms with E-state index in [1.165, 1.54) is 0 Å². The first-order valence-corrected chi connectivity index (χ1v) is 9.48. The van der Waals surface area contributed by atoms with Crippen molar-refractivity contribution in [3.63, 3.8) is 0 Å². The number of benzene rings is 1. The first kappa shape index (κ1) is 19.4. The fourth-order valence-electron chi connectivity index (χ4n) is 3.79. The Morgan fingerprint density at radius 1 is 1.38 bits per heavy atom. The van der Waals surface area contributed by atoms with E-state index in [4.69, 9.17) is 25.8 Å². The van der Waals surface area contributed by atoms with Gasteiger partial charge >= 0.3 is 0 Å². The van der Waals surface area contributed by atoms with Crippen molar-refractivity contribution in [2.75, 3.05) is 40.0 Å². The SMILES string of the molecule is COc1ccc(Cl)cc1C1(CNC(=O)[C@H]2NCCO[C@@H]2C)CCOCC1. The Kier molecular flexibility index (Phi) is 6.40. The molecule has 2 heterocycles. The molecule has 1 aromatic rings. The van der Waals surface area contributed by atoms with Crippen LogP contribution < -0.4 is 15.4 Å². The van der Waals surface area contributed by atoms with Crippen molar-refractivity contribution in [3.05, 3.63) is 28.8 Å². The van der Waals surface area contributed by atoms with Crippen LogP contribution in [0.5, 0.6) is 5.75 Å². The Bertz CT molecular complexity index is 634. The lowest BCUT2D eigenvalue weighted by molar-refractivity contribution is -0.129. The highest BCUT2D eigenvalue weighted by Gasteiger charge is 2.38. The number of methoxy groups -OCH3 is 1. The van der Waals surface area contributed by atoms with Crippen LogP contribution >= 0.6 is 11.6 Å². The van der Waals surface area contributed by atoms with Crippen LogP contribution in [0.15, 0.2) is 18.2 Å². The zero-order chi connectivity index (χ0) is 18.6. The molecule has 2 fully saturated rings. The molecule has 144 valence electrons. The second kappa shape index (κ2) is 8.57. The molecule has 6 nitrogen and oxygen atoms in total. The van der Waals surface area contributed by atoms with E-state index in [0.29, 0.717) is 37.9 Å². The van der Waals surface area contributed by atoms with E-state index in [0.717, 1.165) is 24.2 Å². The van der Waals surface area contributed by atoms with E-state index in [1.807, 2.05) is 25.1 Å². The quantitative estimate of drug-likeness (QED) is 0.814. The molecule has 2 aliphatic heterocycles. The predicted octanol–water partition coefficient (Wildman–Crippen LogP) is 1.89. The third kappa shape index (κ3) is 4.14. The van der Waals surface area contributed by atoms with Crippen LogP contribution in [-0.4, -0.2) is 58.1 Å². The number of carbonyl (C=O) groups excluding carboxylic acids is 1. The molecule has 2 N–H and O–H groups in total. The molecular formula is C19H27ClN2O4. The molecule has 2 aliphatic rings. The van der Waals surface area contributed by atoms with Crippen LogP contribution in [0.2, 0.25) is 5.02 Å². The summed E-state index contributed by atoms with van der Waals surface area (Å²) in [5.41, 5.74) is 0.764. The zero-order valence-corrected chi connectivity index (χ0v) is 16.1. The van der Waals surface area contributed by atoms with Crippen molar-refractivity contribution >= 4 is 17.5 Å². The topological polar surface area (TPSA) is 68.8 Å². The number of hydrogen-bond acceptors (Lipinski definition) is 5. The minimum atomic E-state index is -0.332. The second-order valence-electron chi connectivity index (χ2n) is 6.96. The smallest absolute Gasteiger partial charge is 0.239 e. The maximum atomic E-state index is 12.7. The van der Waals surface area contributed by atoms with Crippen molar-refractivity contribution < 1.29 is 19.0 Å². The molecule has 0 spiro atoms. The van der Waals surface area contributed by atoms with Crippen LogP contribution in [-0.2, 0) is 19.7 Å². The van der Waals surface area contributed by atoms with Gasteiger partial charge in [-0.05, 0) is 38.0 Å². The number of nitrogens with one attached hydrogen (secondary N) is 2.